The molecular weight excluding hydrogens is 495 g/mol. The van der Waals surface area contributed by atoms with Crippen molar-refractivity contribution in [3.05, 3.63) is 88.7 Å². The highest BCUT2D eigenvalue weighted by atomic mass is 35.5. The van der Waals surface area contributed by atoms with Crippen molar-refractivity contribution >= 4 is 50.2 Å². The van der Waals surface area contributed by atoms with Crippen LogP contribution in [-0.2, 0) is 10.0 Å². The maximum atomic E-state index is 13.0. The SMILES string of the molecule is O=C(c1ccc(-n2cnc3ccccc32)cc1)N1CCN(S(=O)(=O)c2cc(Cl)ccc2Cl)CC1. The van der Waals surface area contributed by atoms with Crippen molar-refractivity contribution in [2.45, 2.75) is 4.90 Å². The molecule has 7 nitrogen and oxygen atoms in total. The number of fused-ring (bicyclic) bond motifs is 1. The molecule has 1 aliphatic heterocycles. The summed E-state index contributed by atoms with van der Waals surface area (Å²) in [5.41, 5.74) is 3.33. The first-order valence-corrected chi connectivity index (χ1v) is 12.8. The fourth-order valence-electron chi connectivity index (χ4n) is 4.06. The van der Waals surface area contributed by atoms with Gasteiger partial charge in [-0.05, 0) is 54.6 Å². The fraction of sp³-hybridized carbons (Fsp3) is 0.167. The van der Waals surface area contributed by atoms with Crippen molar-refractivity contribution in [1.82, 2.24) is 18.8 Å². The molecule has 0 aliphatic carbocycles. The maximum Gasteiger partial charge on any atom is 0.253 e. The highest BCUT2D eigenvalue weighted by Crippen LogP contribution is 2.28. The van der Waals surface area contributed by atoms with E-state index in [1.807, 2.05) is 41.0 Å². The molecule has 0 unspecified atom stereocenters. The molecule has 0 spiro atoms. The number of rotatable bonds is 4. The van der Waals surface area contributed by atoms with Crippen molar-refractivity contribution in [2.75, 3.05) is 26.2 Å². The zero-order valence-electron chi connectivity index (χ0n) is 17.9. The molecule has 0 saturated carbocycles. The van der Waals surface area contributed by atoms with E-state index >= 15 is 0 Å². The number of sulfonamides is 1. The fourth-order valence-corrected chi connectivity index (χ4v) is 6.22. The van der Waals surface area contributed by atoms with Crippen molar-refractivity contribution in [3.63, 3.8) is 0 Å². The van der Waals surface area contributed by atoms with E-state index in [1.165, 1.54) is 16.4 Å². The molecule has 0 radical (unpaired) electrons. The van der Waals surface area contributed by atoms with Crippen LogP contribution in [0.15, 0.2) is 78.0 Å². The number of hydrogen-bond acceptors (Lipinski definition) is 4. The Labute approximate surface area is 207 Å². The Morgan fingerprint density at radius 3 is 2.32 bits per heavy atom. The van der Waals surface area contributed by atoms with E-state index < -0.39 is 10.0 Å². The van der Waals surface area contributed by atoms with Gasteiger partial charge in [0.1, 0.15) is 11.2 Å². The van der Waals surface area contributed by atoms with E-state index in [-0.39, 0.29) is 42.0 Å². The van der Waals surface area contributed by atoms with Crippen LogP contribution in [0.2, 0.25) is 10.0 Å². The molecule has 0 atom stereocenters. The second kappa shape index (κ2) is 9.03. The number of aromatic nitrogens is 2. The number of carbonyl (C=O) groups excluding carboxylic acids is 1. The summed E-state index contributed by atoms with van der Waals surface area (Å²) in [6.07, 6.45) is 1.76. The highest BCUT2D eigenvalue weighted by Gasteiger charge is 2.32. The Kier molecular flexibility index (Phi) is 6.07. The third-order valence-electron chi connectivity index (χ3n) is 5.88. The lowest BCUT2D eigenvalue weighted by Crippen LogP contribution is -2.50. The molecule has 34 heavy (non-hydrogen) atoms. The van der Waals surface area contributed by atoms with E-state index in [0.29, 0.717) is 10.6 Å². The molecule has 4 aromatic rings. The average Bonchev–Trinajstić information content (AvgIpc) is 3.29. The predicted octanol–water partition coefficient (Wildman–Crippen LogP) is 4.48. The first-order chi connectivity index (χ1) is 16.3. The van der Waals surface area contributed by atoms with Crippen molar-refractivity contribution in [3.8, 4) is 5.69 Å². The minimum absolute atomic E-state index is 0.0240. The molecule has 1 amide bonds. The van der Waals surface area contributed by atoms with E-state index in [1.54, 1.807) is 29.4 Å². The number of carbonyl (C=O) groups is 1. The number of imidazole rings is 1. The Balaban J connectivity index is 1.28. The molecule has 174 valence electrons. The van der Waals surface area contributed by atoms with E-state index in [2.05, 4.69) is 4.98 Å². The molecule has 2 heterocycles. The second-order valence-corrected chi connectivity index (χ2v) is 10.7. The van der Waals surface area contributed by atoms with Crippen LogP contribution in [0.3, 0.4) is 0 Å². The molecule has 1 aromatic heterocycles. The van der Waals surface area contributed by atoms with Crippen LogP contribution in [0.1, 0.15) is 10.4 Å². The summed E-state index contributed by atoms with van der Waals surface area (Å²) in [6, 6.07) is 19.5. The summed E-state index contributed by atoms with van der Waals surface area (Å²) in [5.74, 6) is -0.139. The molecule has 5 rings (SSSR count). The Bertz CT molecular complexity index is 1480. The largest absolute Gasteiger partial charge is 0.336 e. The molecule has 10 heteroatoms. The molecule has 1 aliphatic rings. The smallest absolute Gasteiger partial charge is 0.253 e. The van der Waals surface area contributed by atoms with Gasteiger partial charge >= 0.3 is 0 Å². The quantitative estimate of drug-likeness (QED) is 0.402. The van der Waals surface area contributed by atoms with Gasteiger partial charge in [0.25, 0.3) is 5.91 Å². The first-order valence-electron chi connectivity index (χ1n) is 10.6. The molecular formula is C24H20Cl2N4O3S. The third-order valence-corrected chi connectivity index (χ3v) is 8.50. The summed E-state index contributed by atoms with van der Waals surface area (Å²) >= 11 is 12.1. The average molecular weight is 515 g/mol. The summed E-state index contributed by atoms with van der Waals surface area (Å²) in [4.78, 5) is 19.1. The van der Waals surface area contributed by atoms with E-state index in [4.69, 9.17) is 23.2 Å². The Morgan fingerprint density at radius 2 is 1.59 bits per heavy atom. The van der Waals surface area contributed by atoms with Gasteiger partial charge in [-0.2, -0.15) is 4.31 Å². The van der Waals surface area contributed by atoms with Gasteiger partial charge in [-0.15, -0.1) is 0 Å². The van der Waals surface area contributed by atoms with Crippen molar-refractivity contribution in [2.24, 2.45) is 0 Å². The number of nitrogens with zero attached hydrogens (tertiary/aromatic N) is 4. The van der Waals surface area contributed by atoms with Crippen molar-refractivity contribution in [1.29, 1.82) is 0 Å². The zero-order chi connectivity index (χ0) is 23.9. The number of para-hydroxylation sites is 2. The highest BCUT2D eigenvalue weighted by molar-refractivity contribution is 7.89. The van der Waals surface area contributed by atoms with Gasteiger partial charge in [-0.1, -0.05) is 35.3 Å². The number of piperazine rings is 1. The minimum atomic E-state index is -3.81. The van der Waals surface area contributed by atoms with Crippen LogP contribution < -0.4 is 0 Å². The molecule has 0 bridgehead atoms. The van der Waals surface area contributed by atoms with Crippen LogP contribution in [0.5, 0.6) is 0 Å². The van der Waals surface area contributed by atoms with Crippen LogP contribution in [0, 0.1) is 0 Å². The molecule has 1 fully saturated rings. The Hall–Kier alpha value is -2.91. The van der Waals surface area contributed by atoms with Crippen molar-refractivity contribution < 1.29 is 13.2 Å². The number of benzene rings is 3. The summed E-state index contributed by atoms with van der Waals surface area (Å²) in [5, 5.41) is 0.414. The predicted molar refractivity (Wildman–Crippen MR) is 132 cm³/mol. The maximum absolute atomic E-state index is 13.0. The summed E-state index contributed by atoms with van der Waals surface area (Å²) in [7, 11) is -3.81. The van der Waals surface area contributed by atoms with Crippen LogP contribution in [0.4, 0.5) is 0 Å². The van der Waals surface area contributed by atoms with Gasteiger partial charge in [0.2, 0.25) is 10.0 Å². The van der Waals surface area contributed by atoms with Gasteiger partial charge in [0, 0.05) is 42.5 Å². The van der Waals surface area contributed by atoms with E-state index in [0.717, 1.165) is 16.7 Å². The number of hydrogen-bond donors (Lipinski definition) is 0. The normalized spacial score (nSPS) is 15.1. The van der Waals surface area contributed by atoms with Crippen LogP contribution in [0.25, 0.3) is 16.7 Å². The van der Waals surface area contributed by atoms with Gasteiger partial charge in [-0.3, -0.25) is 9.36 Å². The van der Waals surface area contributed by atoms with Gasteiger partial charge in [-0.25, -0.2) is 13.4 Å². The number of amides is 1. The van der Waals surface area contributed by atoms with Gasteiger partial charge < -0.3 is 4.90 Å². The Morgan fingerprint density at radius 1 is 0.882 bits per heavy atom. The second-order valence-electron chi connectivity index (χ2n) is 7.92. The first kappa shape index (κ1) is 22.9. The topological polar surface area (TPSA) is 75.5 Å². The summed E-state index contributed by atoms with van der Waals surface area (Å²) < 4.78 is 29.3. The van der Waals surface area contributed by atoms with Gasteiger partial charge in [0.15, 0.2) is 0 Å². The summed E-state index contributed by atoms with van der Waals surface area (Å²) in [6.45, 7) is 0.917. The van der Waals surface area contributed by atoms with Crippen LogP contribution >= 0.6 is 23.2 Å². The molecule has 1 saturated heterocycles. The lowest BCUT2D eigenvalue weighted by atomic mass is 10.1. The molecule has 3 aromatic carbocycles. The third kappa shape index (κ3) is 4.18. The minimum Gasteiger partial charge on any atom is -0.336 e. The van der Waals surface area contributed by atoms with Crippen LogP contribution in [-0.4, -0.2) is 59.3 Å². The monoisotopic (exact) mass is 514 g/mol. The standard InChI is InChI=1S/C24H20Cl2N4O3S/c25-18-7-10-20(26)23(15-18)34(32,33)29-13-11-28(12-14-29)24(31)17-5-8-19(9-6-17)30-16-27-21-3-1-2-4-22(21)30/h1-10,15-16H,11-14H2. The molecule has 0 N–H and O–H groups in total. The zero-order valence-corrected chi connectivity index (χ0v) is 20.3. The van der Waals surface area contributed by atoms with Gasteiger partial charge in [0.05, 0.1) is 16.1 Å². The lowest BCUT2D eigenvalue weighted by molar-refractivity contribution is 0.0698. The van der Waals surface area contributed by atoms with E-state index in [9.17, 15) is 13.2 Å². The lowest BCUT2D eigenvalue weighted by Gasteiger charge is -2.34. The number of halogens is 2.